The van der Waals surface area contributed by atoms with Crippen LogP contribution in [0, 0.1) is 0 Å². The van der Waals surface area contributed by atoms with Gasteiger partial charge >= 0.3 is 0 Å². The van der Waals surface area contributed by atoms with E-state index in [9.17, 15) is 15.0 Å². The highest BCUT2D eigenvalue weighted by molar-refractivity contribution is 6.32. The minimum absolute atomic E-state index is 0.0673. The van der Waals surface area contributed by atoms with E-state index in [2.05, 4.69) is 20.4 Å². The fourth-order valence-electron chi connectivity index (χ4n) is 2.83. The van der Waals surface area contributed by atoms with Crippen molar-refractivity contribution in [3.63, 3.8) is 0 Å². The molecule has 1 amide bonds. The zero-order chi connectivity index (χ0) is 18.5. The highest BCUT2D eigenvalue weighted by Crippen LogP contribution is 2.37. The van der Waals surface area contributed by atoms with Crippen molar-refractivity contribution in [2.75, 3.05) is 39.4 Å². The Kier molecular flexibility index (Phi) is 5.97. The summed E-state index contributed by atoms with van der Waals surface area (Å²) in [7, 11) is 0. The number of phenols is 2. The Morgan fingerprint density at radius 2 is 2.08 bits per heavy atom. The number of nitrogens with one attached hydrogen (secondary N) is 2. The van der Waals surface area contributed by atoms with Crippen LogP contribution in [-0.2, 0) is 4.74 Å². The van der Waals surface area contributed by atoms with Crippen LogP contribution in [-0.4, -0.2) is 70.6 Å². The van der Waals surface area contributed by atoms with E-state index in [0.29, 0.717) is 12.1 Å². The molecule has 1 aliphatic rings. The third-order valence-electron chi connectivity index (χ3n) is 4.25. The summed E-state index contributed by atoms with van der Waals surface area (Å²) < 4.78 is 5.31. The summed E-state index contributed by atoms with van der Waals surface area (Å²) in [5, 5.41) is 29.2. The Labute approximate surface area is 155 Å². The number of ether oxygens (including phenoxy) is 1. The largest absolute Gasteiger partial charge is 0.507 e. The van der Waals surface area contributed by atoms with Crippen LogP contribution in [0.25, 0.3) is 11.3 Å². The summed E-state index contributed by atoms with van der Waals surface area (Å²) in [6.07, 6.45) is 2.29. The number of carbonyl (C=O) groups excluding carboxylic acids is 1. The number of H-pyrrole nitrogens is 1. The van der Waals surface area contributed by atoms with E-state index in [-0.39, 0.29) is 33.7 Å². The fraction of sp³-hybridized carbons (Fsp3) is 0.412. The van der Waals surface area contributed by atoms with Gasteiger partial charge in [0.25, 0.3) is 5.91 Å². The molecule has 8 nitrogen and oxygen atoms in total. The van der Waals surface area contributed by atoms with Crippen molar-refractivity contribution in [2.45, 2.75) is 6.42 Å². The Morgan fingerprint density at radius 3 is 2.85 bits per heavy atom. The number of amides is 1. The highest BCUT2D eigenvalue weighted by Gasteiger charge is 2.19. The van der Waals surface area contributed by atoms with Crippen molar-refractivity contribution < 1.29 is 19.7 Å². The molecule has 0 aliphatic carbocycles. The number of carbonyl (C=O) groups is 1. The second-order valence-electron chi connectivity index (χ2n) is 6.03. The third-order valence-corrected chi connectivity index (χ3v) is 4.55. The van der Waals surface area contributed by atoms with Crippen molar-refractivity contribution in [3.05, 3.63) is 28.9 Å². The Morgan fingerprint density at radius 1 is 1.31 bits per heavy atom. The average molecular weight is 381 g/mol. The molecule has 1 saturated heterocycles. The molecule has 9 heteroatoms. The van der Waals surface area contributed by atoms with Gasteiger partial charge in [-0.1, -0.05) is 11.6 Å². The molecule has 0 spiro atoms. The topological polar surface area (TPSA) is 111 Å². The molecule has 4 N–H and O–H groups in total. The van der Waals surface area contributed by atoms with Gasteiger partial charge in [0.15, 0.2) is 0 Å². The van der Waals surface area contributed by atoms with Crippen LogP contribution in [0.2, 0.25) is 5.02 Å². The van der Waals surface area contributed by atoms with Crippen LogP contribution in [0.15, 0.2) is 18.3 Å². The van der Waals surface area contributed by atoms with E-state index in [1.165, 1.54) is 12.3 Å². The smallest absolute Gasteiger partial charge is 0.255 e. The van der Waals surface area contributed by atoms with Gasteiger partial charge in [-0.25, -0.2) is 0 Å². The minimum Gasteiger partial charge on any atom is -0.507 e. The van der Waals surface area contributed by atoms with Crippen LogP contribution >= 0.6 is 11.6 Å². The fourth-order valence-corrected chi connectivity index (χ4v) is 3.00. The lowest BCUT2D eigenvalue weighted by Gasteiger charge is -2.26. The third kappa shape index (κ3) is 4.27. The number of morpholine rings is 1. The first-order valence-electron chi connectivity index (χ1n) is 8.40. The Bertz CT molecular complexity index is 774. The molecule has 2 heterocycles. The second-order valence-corrected chi connectivity index (χ2v) is 6.44. The van der Waals surface area contributed by atoms with E-state index >= 15 is 0 Å². The standard InChI is InChI=1S/C17H21ClN4O4/c18-13-8-11(14(23)9-15(13)24)16-12(10-20-21-16)17(25)19-2-1-3-22-4-6-26-7-5-22/h8-10,23-24H,1-7H2,(H,19,25)(H,20,21). The maximum absolute atomic E-state index is 12.4. The van der Waals surface area contributed by atoms with Crippen molar-refractivity contribution in [3.8, 4) is 22.8 Å². The van der Waals surface area contributed by atoms with Crippen LogP contribution in [0.4, 0.5) is 0 Å². The molecule has 1 fully saturated rings. The van der Waals surface area contributed by atoms with Gasteiger partial charge < -0.3 is 20.3 Å². The molecule has 0 saturated carbocycles. The number of hydrogen-bond acceptors (Lipinski definition) is 6. The van der Waals surface area contributed by atoms with Gasteiger partial charge in [0.05, 0.1) is 23.8 Å². The van der Waals surface area contributed by atoms with Crippen LogP contribution < -0.4 is 5.32 Å². The first-order chi connectivity index (χ1) is 12.6. The molecular weight excluding hydrogens is 360 g/mol. The number of rotatable bonds is 6. The van der Waals surface area contributed by atoms with Crippen molar-refractivity contribution in [1.29, 1.82) is 0 Å². The molecule has 140 valence electrons. The molecule has 1 aromatic heterocycles. The average Bonchev–Trinajstić information content (AvgIpc) is 3.12. The molecule has 0 atom stereocenters. The van der Waals surface area contributed by atoms with Crippen molar-refractivity contribution in [1.82, 2.24) is 20.4 Å². The summed E-state index contributed by atoms with van der Waals surface area (Å²) in [6, 6.07) is 2.49. The summed E-state index contributed by atoms with van der Waals surface area (Å²) in [4.78, 5) is 14.7. The first-order valence-corrected chi connectivity index (χ1v) is 8.78. The van der Waals surface area contributed by atoms with E-state index in [1.54, 1.807) is 0 Å². The van der Waals surface area contributed by atoms with Crippen molar-refractivity contribution in [2.24, 2.45) is 0 Å². The number of aromatic amines is 1. The number of benzene rings is 1. The van der Waals surface area contributed by atoms with Crippen LogP contribution in [0.1, 0.15) is 16.8 Å². The monoisotopic (exact) mass is 380 g/mol. The molecule has 0 radical (unpaired) electrons. The van der Waals surface area contributed by atoms with E-state index in [4.69, 9.17) is 16.3 Å². The van der Waals surface area contributed by atoms with Gasteiger partial charge in [-0.05, 0) is 19.0 Å². The van der Waals surface area contributed by atoms with Crippen LogP contribution in [0.5, 0.6) is 11.5 Å². The summed E-state index contributed by atoms with van der Waals surface area (Å²) in [6.45, 7) is 4.77. The number of phenolic OH excluding ortho intramolecular Hbond substituents is 2. The lowest BCUT2D eigenvalue weighted by Crippen LogP contribution is -2.38. The number of aromatic hydroxyl groups is 2. The molecule has 1 aliphatic heterocycles. The molecular formula is C17H21ClN4O4. The van der Waals surface area contributed by atoms with Gasteiger partial charge in [0, 0.05) is 37.5 Å². The highest BCUT2D eigenvalue weighted by atomic mass is 35.5. The summed E-state index contributed by atoms with van der Waals surface area (Å²) in [5.41, 5.74) is 0.844. The number of hydrogen-bond donors (Lipinski definition) is 4. The van der Waals surface area contributed by atoms with Gasteiger partial charge in [-0.2, -0.15) is 5.10 Å². The minimum atomic E-state index is -0.292. The molecule has 3 rings (SSSR count). The van der Waals surface area contributed by atoms with E-state index < -0.39 is 0 Å². The Hall–Kier alpha value is -2.29. The van der Waals surface area contributed by atoms with Gasteiger partial charge in [0.2, 0.25) is 0 Å². The zero-order valence-electron chi connectivity index (χ0n) is 14.2. The van der Waals surface area contributed by atoms with E-state index in [0.717, 1.165) is 45.3 Å². The maximum Gasteiger partial charge on any atom is 0.255 e. The van der Waals surface area contributed by atoms with Gasteiger partial charge in [0.1, 0.15) is 17.2 Å². The predicted molar refractivity (Wildman–Crippen MR) is 96.6 cm³/mol. The van der Waals surface area contributed by atoms with Gasteiger partial charge in [-0.3, -0.25) is 14.8 Å². The molecule has 2 aromatic rings. The number of aromatic nitrogens is 2. The first kappa shape index (κ1) is 18.5. The normalized spacial score (nSPS) is 15.1. The second kappa shape index (κ2) is 8.39. The predicted octanol–water partition coefficient (Wildman–Crippen LogP) is 1.59. The SMILES string of the molecule is O=C(NCCCN1CCOCC1)c1c[nH]nc1-c1cc(Cl)c(O)cc1O. The molecule has 0 bridgehead atoms. The van der Waals surface area contributed by atoms with E-state index in [1.807, 2.05) is 0 Å². The summed E-state index contributed by atoms with van der Waals surface area (Å²) >= 11 is 5.90. The zero-order valence-corrected chi connectivity index (χ0v) is 14.9. The lowest BCUT2D eigenvalue weighted by atomic mass is 10.1. The summed E-state index contributed by atoms with van der Waals surface area (Å²) in [5.74, 6) is -0.739. The lowest BCUT2D eigenvalue weighted by molar-refractivity contribution is 0.0374. The van der Waals surface area contributed by atoms with Crippen molar-refractivity contribution >= 4 is 17.5 Å². The maximum atomic E-state index is 12.4. The quantitative estimate of drug-likeness (QED) is 0.566. The van der Waals surface area contributed by atoms with Crippen LogP contribution in [0.3, 0.4) is 0 Å². The number of nitrogens with zero attached hydrogens (tertiary/aromatic N) is 2. The van der Waals surface area contributed by atoms with Gasteiger partial charge in [-0.15, -0.1) is 0 Å². The molecule has 26 heavy (non-hydrogen) atoms. The Balaban J connectivity index is 1.61. The number of halogens is 1. The molecule has 0 unspecified atom stereocenters. The molecule has 1 aromatic carbocycles.